The summed E-state index contributed by atoms with van der Waals surface area (Å²) in [4.78, 5) is 41.7. The predicted octanol–water partition coefficient (Wildman–Crippen LogP) is 5.60. The number of carbonyl (C=O) groups excluding carboxylic acids is 2. The van der Waals surface area contributed by atoms with Gasteiger partial charge in [0.2, 0.25) is 5.91 Å². The third-order valence-corrected chi connectivity index (χ3v) is 11.2. The molecule has 1 aromatic carbocycles. The van der Waals surface area contributed by atoms with E-state index in [2.05, 4.69) is 89.5 Å². The van der Waals surface area contributed by atoms with E-state index in [9.17, 15) is 9.59 Å². The number of piperidine rings is 2. The summed E-state index contributed by atoms with van der Waals surface area (Å²) in [7, 11) is 4.09. The second-order valence-corrected chi connectivity index (χ2v) is 14.7. The quantitative estimate of drug-likeness (QED) is 0.448. The number of rotatable bonds is 6. The number of likely N-dealkylation sites (N-methyl/N-ethyl adjacent to an activating group) is 1. The van der Waals surface area contributed by atoms with Crippen LogP contribution in [0.5, 0.6) is 0 Å². The lowest BCUT2D eigenvalue weighted by atomic mass is 9.84. The lowest BCUT2D eigenvalue weighted by molar-refractivity contribution is -0.128. The number of likely N-dealkylation sites (tertiary alicyclic amines) is 1. The van der Waals surface area contributed by atoms with Crippen LogP contribution in [0, 0.1) is 17.8 Å². The number of amidine groups is 1. The summed E-state index contributed by atoms with van der Waals surface area (Å²) in [6, 6.07) is 6.32. The SMILES string of the molecule is CC(C)C1C(=O)Nc2ccc(N3CCC(CC4C=CC=CC4)CC3)cc2C2=NC3=CC(C(=O)N(C)C4CCN(C)CC4)=CCC3N21. The molecule has 3 unspecified atom stereocenters. The molecular weight excluding hydrogens is 572 g/mol. The van der Waals surface area contributed by atoms with Crippen LogP contribution in [0.2, 0.25) is 0 Å². The highest BCUT2D eigenvalue weighted by molar-refractivity contribution is 6.14. The summed E-state index contributed by atoms with van der Waals surface area (Å²) in [5.41, 5.74) is 4.59. The minimum Gasteiger partial charge on any atom is -0.371 e. The van der Waals surface area contributed by atoms with Gasteiger partial charge in [0, 0.05) is 43.0 Å². The Bertz CT molecular complexity index is 1500. The number of anilines is 2. The van der Waals surface area contributed by atoms with Gasteiger partial charge in [-0.3, -0.25) is 9.59 Å². The summed E-state index contributed by atoms with van der Waals surface area (Å²) in [6.45, 7) is 8.33. The van der Waals surface area contributed by atoms with Crippen molar-refractivity contribution in [2.24, 2.45) is 22.7 Å². The molecule has 0 radical (unpaired) electrons. The molecule has 1 N–H and O–H groups in total. The van der Waals surface area contributed by atoms with Crippen molar-refractivity contribution in [1.82, 2.24) is 14.7 Å². The smallest absolute Gasteiger partial charge is 0.253 e. The molecule has 0 aromatic heterocycles. The molecule has 2 amide bonds. The molecule has 4 aliphatic heterocycles. The van der Waals surface area contributed by atoms with Gasteiger partial charge >= 0.3 is 0 Å². The molecular formula is C38H50N6O2. The normalized spacial score (nSPS) is 26.9. The highest BCUT2D eigenvalue weighted by Crippen LogP contribution is 2.40. The van der Waals surface area contributed by atoms with Crippen molar-refractivity contribution in [1.29, 1.82) is 0 Å². The van der Waals surface area contributed by atoms with Crippen LogP contribution in [-0.2, 0) is 9.59 Å². The summed E-state index contributed by atoms with van der Waals surface area (Å²) >= 11 is 0. The fourth-order valence-corrected chi connectivity index (χ4v) is 8.43. The zero-order valence-corrected chi connectivity index (χ0v) is 28.0. The summed E-state index contributed by atoms with van der Waals surface area (Å²) in [6.07, 6.45) is 20.6. The van der Waals surface area contributed by atoms with E-state index in [1.54, 1.807) is 0 Å². The lowest BCUT2D eigenvalue weighted by Gasteiger charge is -2.37. The predicted molar refractivity (Wildman–Crippen MR) is 186 cm³/mol. The third-order valence-electron chi connectivity index (χ3n) is 11.2. The highest BCUT2D eigenvalue weighted by atomic mass is 16.2. The molecule has 0 saturated carbocycles. The minimum atomic E-state index is -0.350. The van der Waals surface area contributed by atoms with Gasteiger partial charge in [0.1, 0.15) is 11.9 Å². The van der Waals surface area contributed by atoms with Crippen molar-refractivity contribution in [3.8, 4) is 0 Å². The molecule has 244 valence electrons. The maximum absolute atomic E-state index is 13.8. The number of nitrogens with zero attached hydrogens (tertiary/aromatic N) is 5. The van der Waals surface area contributed by atoms with Gasteiger partial charge in [0.25, 0.3) is 5.91 Å². The van der Waals surface area contributed by atoms with Crippen LogP contribution in [0.3, 0.4) is 0 Å². The average molecular weight is 623 g/mol. The van der Waals surface area contributed by atoms with Crippen molar-refractivity contribution < 1.29 is 9.59 Å². The van der Waals surface area contributed by atoms with E-state index < -0.39 is 0 Å². The Labute approximate surface area is 274 Å². The maximum Gasteiger partial charge on any atom is 0.253 e. The van der Waals surface area contributed by atoms with Crippen LogP contribution < -0.4 is 10.2 Å². The summed E-state index contributed by atoms with van der Waals surface area (Å²) in [5, 5.41) is 3.25. The van der Waals surface area contributed by atoms with Crippen molar-refractivity contribution >= 4 is 29.0 Å². The zero-order valence-electron chi connectivity index (χ0n) is 28.0. The van der Waals surface area contributed by atoms with Gasteiger partial charge in [0.15, 0.2) is 0 Å². The average Bonchev–Trinajstić information content (AvgIpc) is 3.37. The first-order valence-electron chi connectivity index (χ1n) is 17.5. The van der Waals surface area contributed by atoms with Crippen LogP contribution in [0.1, 0.15) is 64.4 Å². The van der Waals surface area contributed by atoms with Gasteiger partial charge in [-0.1, -0.05) is 44.2 Å². The van der Waals surface area contributed by atoms with Crippen LogP contribution in [0.15, 0.2) is 70.9 Å². The summed E-state index contributed by atoms with van der Waals surface area (Å²) < 4.78 is 0. The Hall–Kier alpha value is -3.65. The van der Waals surface area contributed by atoms with Crippen LogP contribution in [-0.4, -0.2) is 90.7 Å². The zero-order chi connectivity index (χ0) is 31.9. The van der Waals surface area contributed by atoms with Crippen molar-refractivity contribution in [3.63, 3.8) is 0 Å². The first-order chi connectivity index (χ1) is 22.3. The molecule has 0 bridgehead atoms. The fraction of sp³-hybridized carbons (Fsp3) is 0.553. The number of amides is 2. The van der Waals surface area contributed by atoms with E-state index in [1.165, 1.54) is 31.4 Å². The number of aliphatic imine (C=N–C) groups is 1. The van der Waals surface area contributed by atoms with Gasteiger partial charge in [-0.25, -0.2) is 4.99 Å². The first-order valence-corrected chi connectivity index (χ1v) is 17.5. The molecule has 2 saturated heterocycles. The topological polar surface area (TPSA) is 71.5 Å². The molecule has 6 aliphatic rings. The van der Waals surface area contributed by atoms with Gasteiger partial charge in [-0.05, 0) is 107 Å². The number of carbonyl (C=O) groups is 2. The van der Waals surface area contributed by atoms with E-state index in [0.29, 0.717) is 12.3 Å². The van der Waals surface area contributed by atoms with E-state index in [1.807, 2.05) is 18.0 Å². The van der Waals surface area contributed by atoms with E-state index in [0.717, 1.165) is 73.3 Å². The van der Waals surface area contributed by atoms with Gasteiger partial charge in [-0.15, -0.1) is 0 Å². The van der Waals surface area contributed by atoms with Gasteiger partial charge in [-0.2, -0.15) is 0 Å². The molecule has 1 aromatic rings. The molecule has 2 fully saturated rings. The second kappa shape index (κ2) is 12.9. The maximum atomic E-state index is 13.8. The summed E-state index contributed by atoms with van der Waals surface area (Å²) in [5.74, 6) is 2.46. The Morgan fingerprint density at radius 3 is 2.57 bits per heavy atom. The number of nitrogens with one attached hydrogen (secondary N) is 1. The lowest BCUT2D eigenvalue weighted by Crippen LogP contribution is -2.51. The molecule has 8 heteroatoms. The number of allylic oxidation sites excluding steroid dienone is 4. The second-order valence-electron chi connectivity index (χ2n) is 14.7. The van der Waals surface area contributed by atoms with Crippen molar-refractivity contribution in [2.75, 3.05) is 50.5 Å². The monoisotopic (exact) mass is 622 g/mol. The molecule has 0 spiro atoms. The van der Waals surface area contributed by atoms with Gasteiger partial charge in [0.05, 0.1) is 17.4 Å². The van der Waals surface area contributed by atoms with Gasteiger partial charge < -0.3 is 24.9 Å². The molecule has 3 atom stereocenters. The fourth-order valence-electron chi connectivity index (χ4n) is 8.43. The Kier molecular flexibility index (Phi) is 8.66. The molecule has 4 heterocycles. The largest absolute Gasteiger partial charge is 0.371 e. The molecule has 46 heavy (non-hydrogen) atoms. The van der Waals surface area contributed by atoms with E-state index in [4.69, 9.17) is 4.99 Å². The number of benzene rings is 1. The molecule has 8 nitrogen and oxygen atoms in total. The van der Waals surface area contributed by atoms with Crippen molar-refractivity contribution in [3.05, 3.63) is 71.5 Å². The van der Waals surface area contributed by atoms with Crippen LogP contribution >= 0.6 is 0 Å². The standard InChI is InChI=1S/C38H50N6O2/c1-25(2)35-37(45)40-32-12-11-30(43-20-14-27(15-21-43)22-26-8-6-5-7-9-26)24-31(32)36-39-33-23-28(10-13-34(33)44(35)36)38(46)42(4)29-16-18-41(3)19-17-29/h5-8,10-12,23-27,29,34-35H,9,13-22H2,1-4H3,(H,40,45). The van der Waals surface area contributed by atoms with E-state index in [-0.39, 0.29) is 35.9 Å². The van der Waals surface area contributed by atoms with E-state index >= 15 is 0 Å². The van der Waals surface area contributed by atoms with Crippen molar-refractivity contribution in [2.45, 2.75) is 76.9 Å². The minimum absolute atomic E-state index is 0.00993. The first kappa shape index (κ1) is 31.0. The molecule has 2 aliphatic carbocycles. The van der Waals surface area contributed by atoms with Crippen LogP contribution in [0.25, 0.3) is 0 Å². The van der Waals surface area contributed by atoms with Crippen LogP contribution in [0.4, 0.5) is 11.4 Å². The number of fused-ring (bicyclic) bond motifs is 5. The Morgan fingerprint density at radius 1 is 1.07 bits per heavy atom. The Morgan fingerprint density at radius 2 is 1.85 bits per heavy atom. The Balaban J connectivity index is 1.13. The third kappa shape index (κ3) is 5.96. The number of hydrogen-bond donors (Lipinski definition) is 1. The highest BCUT2D eigenvalue weighted by Gasteiger charge is 2.45. The molecule has 7 rings (SSSR count). The number of hydrogen-bond acceptors (Lipinski definition) is 6.